The second kappa shape index (κ2) is 6.61. The maximum absolute atomic E-state index is 13.1. The molecule has 1 aromatic rings. The molecule has 0 amide bonds. The number of carbonyl (C=O) groups is 3. The van der Waals surface area contributed by atoms with E-state index >= 15 is 0 Å². The van der Waals surface area contributed by atoms with Gasteiger partial charge in [-0.1, -0.05) is 35.5 Å². The molecule has 2 bridgehead atoms. The fraction of sp³-hybridized carbons (Fsp3) is 0.500. The lowest BCUT2D eigenvalue weighted by Crippen LogP contribution is -2.55. The Bertz CT molecular complexity index is 851. The Morgan fingerprint density at radius 3 is 2.32 bits per heavy atom. The minimum atomic E-state index is -1.30. The zero-order chi connectivity index (χ0) is 20.1. The van der Waals surface area contributed by atoms with E-state index in [1.807, 2.05) is 30.3 Å². The SMILES string of the molecule is COC(=O)[C@H]1[C@@H]2C[C@@](C(=O)OC)([C@H]3C(c4ccccc4)=NO[C@@H]23)[C@H]1C(=O)OC. The molecule has 28 heavy (non-hydrogen) atoms. The number of fused-ring (bicyclic) bond motifs is 5. The van der Waals surface area contributed by atoms with Crippen LogP contribution in [0.4, 0.5) is 0 Å². The summed E-state index contributed by atoms with van der Waals surface area (Å²) in [4.78, 5) is 44.1. The van der Waals surface area contributed by atoms with Gasteiger partial charge in [-0.15, -0.1) is 0 Å². The fourth-order valence-corrected chi connectivity index (χ4v) is 5.41. The van der Waals surface area contributed by atoms with Gasteiger partial charge < -0.3 is 19.0 Å². The van der Waals surface area contributed by atoms with E-state index in [4.69, 9.17) is 19.0 Å². The molecular formula is C20H21NO7. The average Bonchev–Trinajstić information content (AvgIpc) is 3.41. The molecule has 0 N–H and O–H groups in total. The Labute approximate surface area is 161 Å². The lowest BCUT2D eigenvalue weighted by atomic mass is 9.61. The molecule has 2 aliphatic carbocycles. The average molecular weight is 387 g/mol. The van der Waals surface area contributed by atoms with Gasteiger partial charge >= 0.3 is 17.9 Å². The molecule has 0 aromatic heterocycles. The lowest BCUT2D eigenvalue weighted by Gasteiger charge is -2.40. The van der Waals surface area contributed by atoms with Crippen molar-refractivity contribution in [3.05, 3.63) is 35.9 Å². The summed E-state index contributed by atoms with van der Waals surface area (Å²) in [6, 6.07) is 9.33. The number of carbonyl (C=O) groups excluding carboxylic acids is 3. The third-order valence-electron chi connectivity index (χ3n) is 6.39. The molecule has 1 aliphatic heterocycles. The number of hydrogen-bond acceptors (Lipinski definition) is 8. The van der Waals surface area contributed by atoms with Crippen molar-refractivity contribution in [3.63, 3.8) is 0 Å². The summed E-state index contributed by atoms with van der Waals surface area (Å²) in [6.45, 7) is 0. The lowest BCUT2D eigenvalue weighted by molar-refractivity contribution is -0.177. The molecule has 2 fully saturated rings. The maximum atomic E-state index is 13.1. The van der Waals surface area contributed by atoms with Crippen LogP contribution >= 0.6 is 0 Å². The van der Waals surface area contributed by atoms with Gasteiger partial charge in [-0.25, -0.2) is 0 Å². The van der Waals surface area contributed by atoms with Gasteiger partial charge in [-0.3, -0.25) is 14.4 Å². The van der Waals surface area contributed by atoms with Crippen molar-refractivity contribution in [2.45, 2.75) is 12.5 Å². The molecule has 8 heteroatoms. The maximum Gasteiger partial charge on any atom is 0.313 e. The van der Waals surface area contributed by atoms with Crippen LogP contribution in [0.2, 0.25) is 0 Å². The number of nitrogens with zero attached hydrogens (tertiary/aromatic N) is 1. The van der Waals surface area contributed by atoms with Crippen LogP contribution in [0.15, 0.2) is 35.5 Å². The third-order valence-corrected chi connectivity index (χ3v) is 6.39. The van der Waals surface area contributed by atoms with Crippen LogP contribution in [0.3, 0.4) is 0 Å². The van der Waals surface area contributed by atoms with Gasteiger partial charge in [-0.05, 0) is 12.0 Å². The Hall–Kier alpha value is -2.90. The fourth-order valence-electron chi connectivity index (χ4n) is 5.41. The van der Waals surface area contributed by atoms with Gasteiger partial charge in [0.25, 0.3) is 0 Å². The van der Waals surface area contributed by atoms with Crippen molar-refractivity contribution < 1.29 is 33.4 Å². The van der Waals surface area contributed by atoms with Gasteiger partial charge in [0.2, 0.25) is 0 Å². The Kier molecular flexibility index (Phi) is 4.36. The first-order valence-corrected chi connectivity index (χ1v) is 9.04. The van der Waals surface area contributed by atoms with E-state index in [9.17, 15) is 14.4 Å². The molecule has 3 aliphatic rings. The largest absolute Gasteiger partial charge is 0.469 e. The molecule has 8 nitrogen and oxygen atoms in total. The standard InChI is InChI=1S/C20H21NO7/c1-25-17(22)12-11-9-20(19(24)27-3,13(12)18(23)26-2)14-15(21-28-16(11)14)10-7-5-4-6-8-10/h4-8,11-14,16H,9H2,1-3H3/t11-,12-,13+,14-,16-,20-/m0/s1. The zero-order valence-corrected chi connectivity index (χ0v) is 15.8. The van der Waals surface area contributed by atoms with Gasteiger partial charge in [0.05, 0.1) is 50.2 Å². The molecular weight excluding hydrogens is 366 g/mol. The van der Waals surface area contributed by atoms with E-state index in [0.29, 0.717) is 5.71 Å². The Morgan fingerprint density at radius 1 is 1.04 bits per heavy atom. The number of ether oxygens (including phenoxy) is 3. The Morgan fingerprint density at radius 2 is 1.71 bits per heavy atom. The van der Waals surface area contributed by atoms with Gasteiger partial charge in [0.1, 0.15) is 6.10 Å². The summed E-state index contributed by atoms with van der Waals surface area (Å²) in [5, 5.41) is 4.24. The summed E-state index contributed by atoms with van der Waals surface area (Å²) in [6.07, 6.45) is -0.250. The normalized spacial score (nSPS) is 34.8. The predicted octanol–water partition coefficient (Wildman–Crippen LogP) is 1.18. The Balaban J connectivity index is 1.87. The quantitative estimate of drug-likeness (QED) is 0.565. The number of esters is 3. The van der Waals surface area contributed by atoms with Gasteiger partial charge in [-0.2, -0.15) is 0 Å². The van der Waals surface area contributed by atoms with Crippen molar-refractivity contribution in [1.29, 1.82) is 0 Å². The molecule has 1 heterocycles. The second-order valence-electron chi connectivity index (χ2n) is 7.34. The second-order valence-corrected chi connectivity index (χ2v) is 7.34. The van der Waals surface area contributed by atoms with Crippen molar-refractivity contribution in [2.75, 3.05) is 21.3 Å². The summed E-state index contributed by atoms with van der Waals surface area (Å²) in [5.41, 5.74) is 0.0704. The zero-order valence-electron chi connectivity index (χ0n) is 15.8. The number of rotatable bonds is 4. The van der Waals surface area contributed by atoms with Crippen LogP contribution in [0, 0.1) is 29.1 Å². The number of methoxy groups -OCH3 is 3. The van der Waals surface area contributed by atoms with Crippen LogP contribution in [0.5, 0.6) is 0 Å². The molecule has 0 spiro atoms. The molecule has 4 rings (SSSR count). The minimum Gasteiger partial charge on any atom is -0.469 e. The van der Waals surface area contributed by atoms with Crippen molar-refractivity contribution in [3.8, 4) is 0 Å². The monoisotopic (exact) mass is 387 g/mol. The summed E-state index contributed by atoms with van der Waals surface area (Å²) >= 11 is 0. The highest BCUT2D eigenvalue weighted by Crippen LogP contribution is 2.67. The van der Waals surface area contributed by atoms with E-state index < -0.39 is 53.1 Å². The molecule has 148 valence electrons. The highest BCUT2D eigenvalue weighted by atomic mass is 16.6. The van der Waals surface area contributed by atoms with E-state index in [1.54, 1.807) is 0 Å². The van der Waals surface area contributed by atoms with Crippen LogP contribution in [-0.4, -0.2) is 51.1 Å². The molecule has 2 saturated carbocycles. The molecule has 1 aromatic carbocycles. The predicted molar refractivity (Wildman–Crippen MR) is 94.9 cm³/mol. The van der Waals surface area contributed by atoms with Crippen LogP contribution in [0.25, 0.3) is 0 Å². The highest BCUT2D eigenvalue weighted by Gasteiger charge is 2.78. The van der Waals surface area contributed by atoms with E-state index in [-0.39, 0.29) is 6.42 Å². The first kappa shape index (κ1) is 18.5. The summed E-state index contributed by atoms with van der Waals surface area (Å²) < 4.78 is 15.0. The van der Waals surface area contributed by atoms with Gasteiger partial charge in [0.15, 0.2) is 0 Å². The first-order valence-electron chi connectivity index (χ1n) is 9.04. The van der Waals surface area contributed by atoms with Crippen molar-refractivity contribution in [2.24, 2.45) is 34.2 Å². The molecule has 0 unspecified atom stereocenters. The van der Waals surface area contributed by atoms with E-state index in [0.717, 1.165) is 5.56 Å². The summed E-state index contributed by atoms with van der Waals surface area (Å²) in [7, 11) is 3.77. The number of hydrogen-bond donors (Lipinski definition) is 0. The van der Waals surface area contributed by atoms with Crippen LogP contribution in [0.1, 0.15) is 12.0 Å². The number of oxime groups is 1. The number of benzene rings is 1. The minimum absolute atomic E-state index is 0.264. The molecule has 0 saturated heterocycles. The van der Waals surface area contributed by atoms with Gasteiger partial charge in [0, 0.05) is 5.92 Å². The van der Waals surface area contributed by atoms with E-state index in [1.165, 1.54) is 21.3 Å². The van der Waals surface area contributed by atoms with Crippen molar-refractivity contribution in [1.82, 2.24) is 0 Å². The molecule has 0 radical (unpaired) electrons. The summed E-state index contributed by atoms with van der Waals surface area (Å²) in [5.74, 6) is -4.59. The topological polar surface area (TPSA) is 100 Å². The molecule has 6 atom stereocenters. The third kappa shape index (κ3) is 2.23. The van der Waals surface area contributed by atoms with Crippen LogP contribution in [-0.2, 0) is 33.4 Å². The smallest absolute Gasteiger partial charge is 0.313 e. The van der Waals surface area contributed by atoms with E-state index in [2.05, 4.69) is 5.16 Å². The first-order chi connectivity index (χ1) is 13.5. The highest BCUT2D eigenvalue weighted by molar-refractivity contribution is 6.08. The van der Waals surface area contributed by atoms with Crippen LogP contribution < -0.4 is 0 Å². The van der Waals surface area contributed by atoms with Crippen molar-refractivity contribution >= 4 is 23.6 Å².